The van der Waals surface area contributed by atoms with Gasteiger partial charge in [0.05, 0.1) is 18.8 Å². The van der Waals surface area contributed by atoms with Crippen LogP contribution in [0.5, 0.6) is 0 Å². The van der Waals surface area contributed by atoms with Crippen LogP contribution in [-0.2, 0) is 33.4 Å². The van der Waals surface area contributed by atoms with E-state index in [1.165, 1.54) is 0 Å². The molecule has 0 radical (unpaired) electrons. The largest absolute Gasteiger partial charge is 0.465 e. The topological polar surface area (TPSA) is 120 Å². The number of ether oxygens (including phenoxy) is 3. The van der Waals surface area contributed by atoms with Crippen LogP contribution in [0, 0.1) is 11.8 Å². The number of rotatable bonds is 9. The molecule has 0 aromatic carbocycles. The first-order valence-electron chi connectivity index (χ1n) is 9.31. The molecule has 1 rings (SSSR count). The predicted molar refractivity (Wildman–Crippen MR) is 100 cm³/mol. The van der Waals surface area contributed by atoms with Crippen LogP contribution in [0.1, 0.15) is 41.0 Å². The number of carbonyl (C=O) groups excluding carboxylic acids is 4. The molecule has 1 N–H and O–H groups in total. The maximum Gasteiger partial charge on any atom is 0.336 e. The molecule has 1 unspecified atom stereocenters. The molecule has 28 heavy (non-hydrogen) atoms. The Bertz CT molecular complexity index is 682. The van der Waals surface area contributed by atoms with Gasteiger partial charge in [-0.05, 0) is 34.1 Å². The van der Waals surface area contributed by atoms with E-state index in [2.05, 4.69) is 10.3 Å². The minimum atomic E-state index is -1.30. The second-order valence-electron chi connectivity index (χ2n) is 6.14. The summed E-state index contributed by atoms with van der Waals surface area (Å²) in [7, 11) is 0. The minimum absolute atomic E-state index is 0.0653. The molecule has 2 atom stereocenters. The lowest BCUT2D eigenvalue weighted by atomic mass is 9.79. The summed E-state index contributed by atoms with van der Waals surface area (Å²) in [4.78, 5) is 53.7. The van der Waals surface area contributed by atoms with Gasteiger partial charge in [0.2, 0.25) is 0 Å². The summed E-state index contributed by atoms with van der Waals surface area (Å²) in [5, 5.41) is 2.58. The fraction of sp³-hybridized carbons (Fsp3) is 0.632. The molecule has 1 amide bonds. The first-order chi connectivity index (χ1) is 13.3. The van der Waals surface area contributed by atoms with Gasteiger partial charge in [0.15, 0.2) is 6.61 Å². The van der Waals surface area contributed by atoms with Crippen LogP contribution in [0.15, 0.2) is 16.3 Å². The zero-order valence-corrected chi connectivity index (χ0v) is 17.0. The highest BCUT2D eigenvalue weighted by Gasteiger charge is 2.46. The molecular weight excluding hydrogens is 368 g/mol. The Labute approximate surface area is 164 Å². The van der Waals surface area contributed by atoms with Gasteiger partial charge in [0, 0.05) is 18.0 Å². The molecule has 9 heteroatoms. The van der Waals surface area contributed by atoms with E-state index < -0.39 is 42.3 Å². The number of esters is 3. The lowest BCUT2D eigenvalue weighted by Crippen LogP contribution is -2.43. The number of carbonyl (C=O) groups is 4. The Morgan fingerprint density at radius 2 is 1.54 bits per heavy atom. The van der Waals surface area contributed by atoms with Gasteiger partial charge in [0.1, 0.15) is 11.8 Å². The molecule has 0 aromatic heterocycles. The number of nitrogens with one attached hydrogen (secondary N) is 1. The van der Waals surface area contributed by atoms with Crippen molar-refractivity contribution in [3.8, 4) is 0 Å². The van der Waals surface area contributed by atoms with Crippen molar-refractivity contribution in [2.45, 2.75) is 41.0 Å². The smallest absolute Gasteiger partial charge is 0.336 e. The summed E-state index contributed by atoms with van der Waals surface area (Å²) >= 11 is 0. The van der Waals surface area contributed by atoms with Gasteiger partial charge in [-0.2, -0.15) is 0 Å². The number of allylic oxidation sites excluding steroid dienone is 1. The first kappa shape index (κ1) is 23.3. The van der Waals surface area contributed by atoms with E-state index in [1.54, 1.807) is 27.7 Å². The van der Waals surface area contributed by atoms with E-state index in [4.69, 9.17) is 14.2 Å². The Morgan fingerprint density at radius 1 is 0.929 bits per heavy atom. The third-order valence-electron chi connectivity index (χ3n) is 4.04. The summed E-state index contributed by atoms with van der Waals surface area (Å²) in [6.07, 6.45) is 0.734. The Morgan fingerprint density at radius 3 is 2.11 bits per heavy atom. The van der Waals surface area contributed by atoms with Crippen molar-refractivity contribution in [3.63, 3.8) is 0 Å². The van der Waals surface area contributed by atoms with Gasteiger partial charge < -0.3 is 19.5 Å². The van der Waals surface area contributed by atoms with Crippen LogP contribution in [0.2, 0.25) is 0 Å². The van der Waals surface area contributed by atoms with Gasteiger partial charge in [0.25, 0.3) is 5.91 Å². The van der Waals surface area contributed by atoms with Crippen LogP contribution in [0.3, 0.4) is 0 Å². The fourth-order valence-corrected chi connectivity index (χ4v) is 2.85. The van der Waals surface area contributed by atoms with Gasteiger partial charge >= 0.3 is 17.9 Å². The minimum Gasteiger partial charge on any atom is -0.465 e. The predicted octanol–water partition coefficient (Wildman–Crippen LogP) is 1.16. The number of hydrogen-bond donors (Lipinski definition) is 1. The van der Waals surface area contributed by atoms with Crippen molar-refractivity contribution < 1.29 is 33.4 Å². The molecule has 0 aromatic rings. The molecule has 156 valence electrons. The molecule has 0 spiro atoms. The van der Waals surface area contributed by atoms with Crippen molar-refractivity contribution in [3.05, 3.63) is 11.3 Å². The SMILES string of the molecule is CCCNC(=O)COC(=O)[C@@H]1C(C(=O)OCC)=C(C)N=C(C)C1C(=O)OCC. The van der Waals surface area contributed by atoms with Crippen LogP contribution in [-0.4, -0.2) is 55.9 Å². The average Bonchev–Trinajstić information content (AvgIpc) is 2.63. The van der Waals surface area contributed by atoms with Crippen molar-refractivity contribution in [1.29, 1.82) is 0 Å². The van der Waals surface area contributed by atoms with Crippen LogP contribution >= 0.6 is 0 Å². The standard InChI is InChI=1S/C19H28N2O7/c1-6-9-20-13(22)10-28-19(25)16-14(17(23)26-7-2)11(4)21-12(5)15(16)18(24)27-8-3/h14,16H,6-10H2,1-5H3,(H,20,22)/t14?,16-/m0/s1. The highest BCUT2D eigenvalue weighted by atomic mass is 16.5. The van der Waals surface area contributed by atoms with Crippen molar-refractivity contribution in [2.24, 2.45) is 16.8 Å². The summed E-state index contributed by atoms with van der Waals surface area (Å²) in [5.74, 6) is -5.24. The molecule has 0 aliphatic carbocycles. The number of amides is 1. The number of aliphatic imine (C=N–C) groups is 1. The molecule has 0 saturated heterocycles. The highest BCUT2D eigenvalue weighted by molar-refractivity contribution is 6.10. The second kappa shape index (κ2) is 11.2. The zero-order chi connectivity index (χ0) is 21.3. The van der Waals surface area contributed by atoms with Crippen LogP contribution in [0.4, 0.5) is 0 Å². The second-order valence-corrected chi connectivity index (χ2v) is 6.14. The van der Waals surface area contributed by atoms with Crippen molar-refractivity contribution in [2.75, 3.05) is 26.4 Å². The maximum absolute atomic E-state index is 12.8. The third kappa shape index (κ3) is 5.90. The van der Waals surface area contributed by atoms with E-state index >= 15 is 0 Å². The maximum atomic E-state index is 12.8. The summed E-state index contributed by atoms with van der Waals surface area (Å²) in [6.45, 7) is 8.38. The van der Waals surface area contributed by atoms with Gasteiger partial charge in [-0.3, -0.25) is 19.4 Å². The van der Waals surface area contributed by atoms with E-state index in [1.807, 2.05) is 6.92 Å². The molecule has 0 saturated carbocycles. The summed E-state index contributed by atoms with van der Waals surface area (Å²) in [6, 6.07) is 0. The quantitative estimate of drug-likeness (QED) is 0.459. The highest BCUT2D eigenvalue weighted by Crippen LogP contribution is 2.33. The Hall–Kier alpha value is -2.71. The van der Waals surface area contributed by atoms with Gasteiger partial charge in [-0.15, -0.1) is 0 Å². The van der Waals surface area contributed by atoms with Crippen LogP contribution in [0.25, 0.3) is 0 Å². The monoisotopic (exact) mass is 396 g/mol. The number of nitrogens with zero attached hydrogens (tertiary/aromatic N) is 1. The van der Waals surface area contributed by atoms with E-state index in [9.17, 15) is 19.2 Å². The third-order valence-corrected chi connectivity index (χ3v) is 4.04. The normalized spacial score (nSPS) is 18.8. The van der Waals surface area contributed by atoms with E-state index in [-0.39, 0.29) is 24.5 Å². The Balaban J connectivity index is 3.19. The average molecular weight is 396 g/mol. The zero-order valence-electron chi connectivity index (χ0n) is 17.0. The van der Waals surface area contributed by atoms with Crippen LogP contribution < -0.4 is 5.32 Å². The molecule has 9 nitrogen and oxygen atoms in total. The fourth-order valence-electron chi connectivity index (χ4n) is 2.85. The molecule has 0 fully saturated rings. The molecular formula is C19H28N2O7. The summed E-state index contributed by atoms with van der Waals surface area (Å²) in [5.41, 5.74) is 0.514. The molecule has 0 bridgehead atoms. The van der Waals surface area contributed by atoms with Gasteiger partial charge in [-0.1, -0.05) is 6.92 Å². The van der Waals surface area contributed by atoms with E-state index in [0.717, 1.165) is 6.42 Å². The van der Waals surface area contributed by atoms with Crippen molar-refractivity contribution >= 4 is 29.5 Å². The molecule has 1 aliphatic rings. The number of hydrogen-bond acceptors (Lipinski definition) is 8. The van der Waals surface area contributed by atoms with Crippen molar-refractivity contribution in [1.82, 2.24) is 5.32 Å². The first-order valence-corrected chi connectivity index (χ1v) is 9.31. The Kier molecular flexibility index (Phi) is 9.34. The van der Waals surface area contributed by atoms with E-state index in [0.29, 0.717) is 12.3 Å². The molecule has 1 heterocycles. The molecule has 1 aliphatic heterocycles. The lowest BCUT2D eigenvalue weighted by molar-refractivity contribution is -0.159. The summed E-state index contributed by atoms with van der Waals surface area (Å²) < 4.78 is 15.2. The van der Waals surface area contributed by atoms with Gasteiger partial charge in [-0.25, -0.2) is 4.79 Å². The lowest BCUT2D eigenvalue weighted by Gasteiger charge is -2.29.